The minimum absolute atomic E-state index is 0.182. The molecule has 0 unspecified atom stereocenters. The van der Waals surface area contributed by atoms with Crippen molar-refractivity contribution in [1.29, 1.82) is 0 Å². The van der Waals surface area contributed by atoms with Gasteiger partial charge in [0.05, 0.1) is 4.92 Å². The molecule has 1 fully saturated rings. The van der Waals surface area contributed by atoms with Gasteiger partial charge in [-0.25, -0.2) is 0 Å². The highest BCUT2D eigenvalue weighted by molar-refractivity contribution is 5.64. The van der Waals surface area contributed by atoms with Crippen molar-refractivity contribution in [1.82, 2.24) is 4.90 Å². The van der Waals surface area contributed by atoms with Gasteiger partial charge >= 0.3 is 0 Å². The molecule has 5 nitrogen and oxygen atoms in total. The molecule has 0 saturated carbocycles. The van der Waals surface area contributed by atoms with E-state index in [1.807, 2.05) is 19.9 Å². The van der Waals surface area contributed by atoms with Gasteiger partial charge in [-0.05, 0) is 64.0 Å². The number of nitrogens with zero attached hydrogens (tertiary/aromatic N) is 2. The molecule has 1 aliphatic heterocycles. The van der Waals surface area contributed by atoms with Crippen LogP contribution in [-0.4, -0.2) is 36.0 Å². The first-order valence-electron chi connectivity index (χ1n) is 6.68. The van der Waals surface area contributed by atoms with Gasteiger partial charge in [0.25, 0.3) is 5.69 Å². The standard InChI is InChI=1S/C14H21N3O2/c1-10-8-13(14(17(18)19)9-11(10)2)15-12-4-6-16(3)7-5-12/h8-9,12,15H,4-7H2,1-3H3. The van der Waals surface area contributed by atoms with Gasteiger partial charge in [-0.2, -0.15) is 0 Å². The molecule has 0 amide bonds. The van der Waals surface area contributed by atoms with E-state index in [9.17, 15) is 10.1 Å². The second kappa shape index (κ2) is 5.57. The largest absolute Gasteiger partial charge is 0.377 e. The van der Waals surface area contributed by atoms with Crippen LogP contribution >= 0.6 is 0 Å². The SMILES string of the molecule is Cc1cc(NC2CCN(C)CC2)c([N+](=O)[O-])cc1C. The molecule has 104 valence electrons. The second-order valence-electron chi connectivity index (χ2n) is 5.43. The van der Waals surface area contributed by atoms with Gasteiger partial charge in [-0.3, -0.25) is 10.1 Å². The lowest BCUT2D eigenvalue weighted by atomic mass is 10.0. The molecular formula is C14H21N3O2. The first-order valence-corrected chi connectivity index (χ1v) is 6.68. The van der Waals surface area contributed by atoms with Crippen LogP contribution in [0.5, 0.6) is 0 Å². The van der Waals surface area contributed by atoms with Crippen molar-refractivity contribution >= 4 is 11.4 Å². The van der Waals surface area contributed by atoms with Gasteiger partial charge in [0.15, 0.2) is 0 Å². The van der Waals surface area contributed by atoms with Gasteiger partial charge in [0.2, 0.25) is 0 Å². The third kappa shape index (κ3) is 3.23. The van der Waals surface area contributed by atoms with E-state index in [4.69, 9.17) is 0 Å². The van der Waals surface area contributed by atoms with E-state index in [1.165, 1.54) is 0 Å². The van der Waals surface area contributed by atoms with Crippen LogP contribution in [0.4, 0.5) is 11.4 Å². The molecule has 5 heteroatoms. The van der Waals surface area contributed by atoms with Crippen molar-refractivity contribution in [3.8, 4) is 0 Å². The van der Waals surface area contributed by atoms with Gasteiger partial charge in [-0.15, -0.1) is 0 Å². The molecule has 1 heterocycles. The summed E-state index contributed by atoms with van der Waals surface area (Å²) in [7, 11) is 2.11. The highest BCUT2D eigenvalue weighted by atomic mass is 16.6. The van der Waals surface area contributed by atoms with E-state index >= 15 is 0 Å². The minimum Gasteiger partial charge on any atom is -0.377 e. The fraction of sp³-hybridized carbons (Fsp3) is 0.571. The van der Waals surface area contributed by atoms with Crippen molar-refractivity contribution in [3.05, 3.63) is 33.4 Å². The summed E-state index contributed by atoms with van der Waals surface area (Å²) < 4.78 is 0. The predicted octanol–water partition coefficient (Wildman–Crippen LogP) is 2.72. The Labute approximate surface area is 113 Å². The number of rotatable bonds is 3. The topological polar surface area (TPSA) is 58.4 Å². The number of hydrogen-bond acceptors (Lipinski definition) is 4. The second-order valence-corrected chi connectivity index (χ2v) is 5.43. The summed E-state index contributed by atoms with van der Waals surface area (Å²) in [6, 6.07) is 3.88. The van der Waals surface area contributed by atoms with E-state index in [1.54, 1.807) is 6.07 Å². The third-order valence-electron chi connectivity index (χ3n) is 3.89. The lowest BCUT2D eigenvalue weighted by Gasteiger charge is -2.30. The van der Waals surface area contributed by atoms with Crippen molar-refractivity contribution < 1.29 is 4.92 Å². The average Bonchev–Trinajstić information content (AvgIpc) is 2.36. The number of hydrogen-bond donors (Lipinski definition) is 1. The molecule has 1 saturated heterocycles. The minimum atomic E-state index is -0.302. The molecule has 1 aromatic rings. The molecule has 1 aliphatic rings. The lowest BCUT2D eigenvalue weighted by Crippen LogP contribution is -2.36. The van der Waals surface area contributed by atoms with Crippen LogP contribution in [-0.2, 0) is 0 Å². The van der Waals surface area contributed by atoms with Crippen molar-refractivity contribution in [2.75, 3.05) is 25.5 Å². The molecule has 1 N–H and O–H groups in total. The maximum Gasteiger partial charge on any atom is 0.292 e. The molecule has 0 spiro atoms. The van der Waals surface area contributed by atoms with Gasteiger partial charge < -0.3 is 10.2 Å². The van der Waals surface area contributed by atoms with Crippen molar-refractivity contribution in [2.45, 2.75) is 32.7 Å². The molecule has 0 bridgehead atoms. The zero-order chi connectivity index (χ0) is 14.0. The number of aryl methyl sites for hydroxylation is 2. The zero-order valence-corrected chi connectivity index (χ0v) is 11.8. The number of anilines is 1. The summed E-state index contributed by atoms with van der Waals surface area (Å²) in [5.74, 6) is 0. The fourth-order valence-electron chi connectivity index (χ4n) is 2.44. The zero-order valence-electron chi connectivity index (χ0n) is 11.8. The van der Waals surface area contributed by atoms with E-state index < -0.39 is 0 Å². The summed E-state index contributed by atoms with van der Waals surface area (Å²) >= 11 is 0. The average molecular weight is 263 g/mol. The Morgan fingerprint density at radius 1 is 1.26 bits per heavy atom. The Kier molecular flexibility index (Phi) is 4.04. The number of piperidine rings is 1. The van der Waals surface area contributed by atoms with Crippen molar-refractivity contribution in [3.63, 3.8) is 0 Å². The highest BCUT2D eigenvalue weighted by Crippen LogP contribution is 2.29. The third-order valence-corrected chi connectivity index (χ3v) is 3.89. The van der Waals surface area contributed by atoms with Crippen LogP contribution in [0.25, 0.3) is 0 Å². The van der Waals surface area contributed by atoms with Crippen LogP contribution in [0, 0.1) is 24.0 Å². The lowest BCUT2D eigenvalue weighted by molar-refractivity contribution is -0.384. The summed E-state index contributed by atoms with van der Waals surface area (Å²) in [6.45, 7) is 5.97. The first kappa shape index (κ1) is 13.8. The smallest absolute Gasteiger partial charge is 0.292 e. The molecule has 0 atom stereocenters. The molecule has 0 aromatic heterocycles. The van der Waals surface area contributed by atoms with Crippen LogP contribution in [0.1, 0.15) is 24.0 Å². The molecule has 0 radical (unpaired) electrons. The number of benzene rings is 1. The molecule has 19 heavy (non-hydrogen) atoms. The van der Waals surface area contributed by atoms with Gasteiger partial charge in [-0.1, -0.05) is 0 Å². The van der Waals surface area contributed by atoms with Gasteiger partial charge in [0, 0.05) is 12.1 Å². The van der Waals surface area contributed by atoms with E-state index in [2.05, 4.69) is 17.3 Å². The first-order chi connectivity index (χ1) is 8.97. The number of likely N-dealkylation sites (tertiary alicyclic amines) is 1. The Morgan fingerprint density at radius 2 is 1.84 bits per heavy atom. The summed E-state index contributed by atoms with van der Waals surface area (Å²) in [6.07, 6.45) is 2.06. The maximum absolute atomic E-state index is 11.1. The van der Waals surface area contributed by atoms with Crippen LogP contribution in [0.2, 0.25) is 0 Å². The van der Waals surface area contributed by atoms with Crippen LogP contribution < -0.4 is 5.32 Å². The Bertz CT molecular complexity index is 480. The summed E-state index contributed by atoms with van der Waals surface area (Å²) in [5.41, 5.74) is 2.88. The monoisotopic (exact) mass is 263 g/mol. The molecule has 1 aromatic carbocycles. The molecule has 0 aliphatic carbocycles. The molecule has 2 rings (SSSR count). The number of nitro groups is 1. The summed E-state index contributed by atoms with van der Waals surface area (Å²) in [4.78, 5) is 13.1. The van der Waals surface area contributed by atoms with Crippen LogP contribution in [0.15, 0.2) is 12.1 Å². The molecular weight excluding hydrogens is 242 g/mol. The maximum atomic E-state index is 11.1. The highest BCUT2D eigenvalue weighted by Gasteiger charge is 2.21. The Hall–Kier alpha value is -1.62. The van der Waals surface area contributed by atoms with Gasteiger partial charge in [0.1, 0.15) is 5.69 Å². The number of nitro benzene ring substituents is 1. The van der Waals surface area contributed by atoms with E-state index in [0.29, 0.717) is 11.7 Å². The van der Waals surface area contributed by atoms with Crippen molar-refractivity contribution in [2.24, 2.45) is 0 Å². The van der Waals surface area contributed by atoms with Crippen LogP contribution in [0.3, 0.4) is 0 Å². The Morgan fingerprint density at radius 3 is 2.42 bits per heavy atom. The van der Waals surface area contributed by atoms with E-state index in [0.717, 1.165) is 37.1 Å². The summed E-state index contributed by atoms with van der Waals surface area (Å²) in [5, 5.41) is 14.5. The fourth-order valence-corrected chi connectivity index (χ4v) is 2.44. The predicted molar refractivity (Wildman–Crippen MR) is 76.7 cm³/mol. The van der Waals surface area contributed by atoms with E-state index in [-0.39, 0.29) is 10.6 Å². The number of nitrogens with one attached hydrogen (secondary N) is 1. The normalized spacial score (nSPS) is 17.4. The quantitative estimate of drug-likeness (QED) is 0.673. The Balaban J connectivity index is 2.19.